The molecule has 1 aliphatic heterocycles. The number of rotatable bonds is 6. The fourth-order valence-corrected chi connectivity index (χ4v) is 6.25. The molecule has 1 N–H and O–H groups in total. The summed E-state index contributed by atoms with van der Waals surface area (Å²) in [6.07, 6.45) is 1.78. The Labute approximate surface area is 205 Å². The molecule has 5 nitrogen and oxygen atoms in total. The molecule has 35 heavy (non-hydrogen) atoms. The molecule has 182 valence electrons. The lowest BCUT2D eigenvalue weighted by atomic mass is 9.88. The fourth-order valence-electron chi connectivity index (χ4n) is 4.47. The summed E-state index contributed by atoms with van der Waals surface area (Å²) in [6.45, 7) is 6.02. The number of aryl methyl sites for hydroxylation is 1. The van der Waals surface area contributed by atoms with E-state index >= 15 is 0 Å². The third-order valence-corrected chi connectivity index (χ3v) is 8.32. The van der Waals surface area contributed by atoms with E-state index in [4.69, 9.17) is 0 Å². The highest BCUT2D eigenvalue weighted by atomic mass is 32.2. The summed E-state index contributed by atoms with van der Waals surface area (Å²) in [4.78, 5) is 12.3. The summed E-state index contributed by atoms with van der Waals surface area (Å²) < 4.78 is 43.2. The van der Waals surface area contributed by atoms with Crippen LogP contribution in [-0.2, 0) is 14.8 Å². The standard InChI is InChI=1S/C28H28FNO4S/c1-18(2)20-6-8-21(9-7-20)26-17-16-25(28(31)32)27(22-10-12-23(29)13-11-22)30(26)35(33,34)24-14-4-19(3)5-15-24/h4-16,18,26-27H,17H2,1-3H3,(H,31,32)/t26-,27-/m0/s1. The topological polar surface area (TPSA) is 74.7 Å². The normalized spacial score (nSPS) is 18.9. The van der Waals surface area contributed by atoms with E-state index < -0.39 is 33.9 Å². The predicted octanol–water partition coefficient (Wildman–Crippen LogP) is 6.15. The number of carboxylic acids is 1. The van der Waals surface area contributed by atoms with Gasteiger partial charge in [-0.1, -0.05) is 74.0 Å². The van der Waals surface area contributed by atoms with E-state index in [1.165, 1.54) is 40.7 Å². The van der Waals surface area contributed by atoms with Crippen molar-refractivity contribution in [2.24, 2.45) is 0 Å². The molecule has 0 unspecified atom stereocenters. The van der Waals surface area contributed by atoms with Gasteiger partial charge in [0.2, 0.25) is 10.0 Å². The van der Waals surface area contributed by atoms with Gasteiger partial charge in [-0.15, -0.1) is 0 Å². The molecule has 4 rings (SSSR count). The summed E-state index contributed by atoms with van der Waals surface area (Å²) in [5.41, 5.74) is 3.12. The first kappa shape index (κ1) is 24.8. The minimum Gasteiger partial charge on any atom is -0.478 e. The molecule has 0 amide bonds. The van der Waals surface area contributed by atoms with Gasteiger partial charge in [0.15, 0.2) is 0 Å². The molecule has 0 aliphatic carbocycles. The molecular weight excluding hydrogens is 465 g/mol. The molecule has 2 atom stereocenters. The number of benzene rings is 3. The highest BCUT2D eigenvalue weighted by Gasteiger charge is 2.44. The van der Waals surface area contributed by atoms with Crippen molar-refractivity contribution < 1.29 is 22.7 Å². The first-order chi connectivity index (χ1) is 16.6. The maximum absolute atomic E-state index is 14.1. The number of carbonyl (C=O) groups is 1. The van der Waals surface area contributed by atoms with Crippen molar-refractivity contribution in [1.29, 1.82) is 0 Å². The molecule has 3 aromatic carbocycles. The van der Waals surface area contributed by atoms with Gasteiger partial charge >= 0.3 is 5.97 Å². The number of aliphatic carboxylic acids is 1. The van der Waals surface area contributed by atoms with Gasteiger partial charge in [-0.2, -0.15) is 4.31 Å². The molecule has 1 heterocycles. The van der Waals surface area contributed by atoms with Crippen molar-refractivity contribution in [3.05, 3.63) is 113 Å². The summed E-state index contributed by atoms with van der Waals surface area (Å²) in [5, 5.41) is 10.0. The van der Waals surface area contributed by atoms with Crippen LogP contribution in [0.5, 0.6) is 0 Å². The van der Waals surface area contributed by atoms with Crippen molar-refractivity contribution in [2.75, 3.05) is 0 Å². The number of sulfonamides is 1. The van der Waals surface area contributed by atoms with Gasteiger partial charge in [0.05, 0.1) is 22.6 Å². The second-order valence-corrected chi connectivity index (χ2v) is 11.0. The first-order valence-corrected chi connectivity index (χ1v) is 12.9. The van der Waals surface area contributed by atoms with E-state index in [2.05, 4.69) is 13.8 Å². The smallest absolute Gasteiger partial charge is 0.333 e. The average Bonchev–Trinajstić information content (AvgIpc) is 2.84. The maximum Gasteiger partial charge on any atom is 0.333 e. The van der Waals surface area contributed by atoms with Crippen molar-refractivity contribution in [3.63, 3.8) is 0 Å². The number of carboxylic acid groups (broad SMARTS) is 1. The molecule has 0 bridgehead atoms. The maximum atomic E-state index is 14.1. The quantitative estimate of drug-likeness (QED) is 0.447. The first-order valence-electron chi connectivity index (χ1n) is 11.5. The van der Waals surface area contributed by atoms with Gasteiger partial charge in [0.25, 0.3) is 0 Å². The summed E-state index contributed by atoms with van der Waals surface area (Å²) in [7, 11) is -4.14. The zero-order chi connectivity index (χ0) is 25.3. The van der Waals surface area contributed by atoms with Gasteiger partial charge in [-0.25, -0.2) is 17.6 Å². The van der Waals surface area contributed by atoms with Gasteiger partial charge < -0.3 is 5.11 Å². The lowest BCUT2D eigenvalue weighted by molar-refractivity contribution is -0.133. The van der Waals surface area contributed by atoms with Crippen LogP contribution >= 0.6 is 0 Å². The minimum atomic E-state index is -4.14. The highest BCUT2D eigenvalue weighted by Crippen LogP contribution is 2.45. The van der Waals surface area contributed by atoms with Crippen LogP contribution in [0.4, 0.5) is 4.39 Å². The van der Waals surface area contributed by atoms with Gasteiger partial charge in [0, 0.05) is 0 Å². The second kappa shape index (κ2) is 9.76. The lowest BCUT2D eigenvalue weighted by Crippen LogP contribution is -2.42. The molecule has 0 saturated carbocycles. The van der Waals surface area contributed by atoms with Crippen molar-refractivity contribution in [2.45, 2.75) is 50.1 Å². The summed E-state index contributed by atoms with van der Waals surface area (Å²) in [5.74, 6) is -1.38. The fraction of sp³-hybridized carbons (Fsp3) is 0.250. The third kappa shape index (κ3) is 4.92. The monoisotopic (exact) mass is 493 g/mol. The van der Waals surface area contributed by atoms with Crippen LogP contribution < -0.4 is 0 Å². The van der Waals surface area contributed by atoms with E-state index in [1.54, 1.807) is 18.2 Å². The van der Waals surface area contributed by atoms with Crippen LogP contribution in [0, 0.1) is 12.7 Å². The highest BCUT2D eigenvalue weighted by molar-refractivity contribution is 7.89. The van der Waals surface area contributed by atoms with Crippen LogP contribution in [-0.4, -0.2) is 23.8 Å². The van der Waals surface area contributed by atoms with Crippen LogP contribution in [0.25, 0.3) is 0 Å². The van der Waals surface area contributed by atoms with Gasteiger partial charge in [0.1, 0.15) is 5.82 Å². The zero-order valence-electron chi connectivity index (χ0n) is 19.9. The zero-order valence-corrected chi connectivity index (χ0v) is 20.7. The van der Waals surface area contributed by atoms with Crippen LogP contribution in [0.3, 0.4) is 0 Å². The molecule has 1 aliphatic rings. The van der Waals surface area contributed by atoms with E-state index in [0.717, 1.165) is 16.7 Å². The minimum absolute atomic E-state index is 0.0534. The average molecular weight is 494 g/mol. The van der Waals surface area contributed by atoms with Crippen LogP contribution in [0.2, 0.25) is 0 Å². The molecule has 0 fully saturated rings. The SMILES string of the molecule is Cc1ccc(S(=O)(=O)N2[C@@H](c3ccc(F)cc3)C(C(=O)O)=CC[C@H]2c2ccc(C(C)C)cc2)cc1. The Morgan fingerprint density at radius 1 is 0.943 bits per heavy atom. The number of halogens is 1. The van der Waals surface area contributed by atoms with E-state index in [9.17, 15) is 22.7 Å². The van der Waals surface area contributed by atoms with Crippen LogP contribution in [0.15, 0.2) is 89.3 Å². The number of hydrogen-bond donors (Lipinski definition) is 1. The molecular formula is C28H28FNO4S. The Balaban J connectivity index is 1.94. The predicted molar refractivity (Wildman–Crippen MR) is 133 cm³/mol. The molecule has 7 heteroatoms. The third-order valence-electron chi connectivity index (χ3n) is 6.43. The Kier molecular flexibility index (Phi) is 6.92. The number of hydrogen-bond acceptors (Lipinski definition) is 3. The largest absolute Gasteiger partial charge is 0.478 e. The van der Waals surface area contributed by atoms with E-state index in [0.29, 0.717) is 11.5 Å². The Hall–Kier alpha value is -3.29. The lowest BCUT2D eigenvalue weighted by Gasteiger charge is -2.40. The Morgan fingerprint density at radius 2 is 1.51 bits per heavy atom. The molecule has 0 aromatic heterocycles. The Morgan fingerprint density at radius 3 is 2.06 bits per heavy atom. The van der Waals surface area contributed by atoms with E-state index in [-0.39, 0.29) is 16.9 Å². The molecule has 3 aromatic rings. The van der Waals surface area contributed by atoms with Crippen molar-refractivity contribution >= 4 is 16.0 Å². The molecule has 0 spiro atoms. The molecule has 0 radical (unpaired) electrons. The second-order valence-electron chi connectivity index (χ2n) is 9.14. The van der Waals surface area contributed by atoms with Crippen LogP contribution in [0.1, 0.15) is 60.5 Å². The van der Waals surface area contributed by atoms with Gasteiger partial charge in [-0.05, 0) is 60.2 Å². The van der Waals surface area contributed by atoms with E-state index in [1.807, 2.05) is 31.2 Å². The van der Waals surface area contributed by atoms with Gasteiger partial charge in [-0.3, -0.25) is 0 Å². The van der Waals surface area contributed by atoms with Crippen molar-refractivity contribution in [1.82, 2.24) is 4.31 Å². The van der Waals surface area contributed by atoms with Crippen molar-refractivity contribution in [3.8, 4) is 0 Å². The summed E-state index contributed by atoms with van der Waals surface area (Å²) >= 11 is 0. The summed E-state index contributed by atoms with van der Waals surface area (Å²) in [6, 6.07) is 17.8. The Bertz CT molecular complexity index is 1350. The number of nitrogens with zero attached hydrogens (tertiary/aromatic N) is 1. The molecule has 0 saturated heterocycles.